The maximum Gasteiger partial charge on any atom is 0.257 e. The van der Waals surface area contributed by atoms with E-state index in [1.165, 1.54) is 12.4 Å². The van der Waals surface area contributed by atoms with E-state index in [0.717, 1.165) is 0 Å². The summed E-state index contributed by atoms with van der Waals surface area (Å²) in [4.78, 5) is 8.28. The van der Waals surface area contributed by atoms with Gasteiger partial charge in [-0.1, -0.05) is 0 Å². The monoisotopic (exact) mass is 358 g/mol. The molecule has 0 amide bonds. The van der Waals surface area contributed by atoms with E-state index in [-0.39, 0.29) is 25.7 Å². The molecule has 1 aromatic heterocycles. The van der Waals surface area contributed by atoms with Gasteiger partial charge in [-0.05, 0) is 0 Å². The van der Waals surface area contributed by atoms with Crippen molar-refractivity contribution in [3.8, 4) is 5.88 Å². The highest BCUT2D eigenvalue weighted by Gasteiger charge is 2.32. The van der Waals surface area contributed by atoms with Crippen molar-refractivity contribution < 1.29 is 29.2 Å². The lowest BCUT2D eigenvalue weighted by atomic mass is 10.0. The number of rotatable bonds is 11. The molecule has 0 aliphatic carbocycles. The summed E-state index contributed by atoms with van der Waals surface area (Å²) in [5.41, 5.74) is 5.31. The van der Waals surface area contributed by atoms with Crippen LogP contribution in [0.5, 0.6) is 5.88 Å². The van der Waals surface area contributed by atoms with E-state index in [1.54, 1.807) is 0 Å². The van der Waals surface area contributed by atoms with Gasteiger partial charge in [0.2, 0.25) is 0 Å². The lowest BCUT2D eigenvalue weighted by Crippen LogP contribution is -2.51. The lowest BCUT2D eigenvalue weighted by Gasteiger charge is -2.32. The second kappa shape index (κ2) is 11.1. The van der Waals surface area contributed by atoms with Crippen LogP contribution in [-0.4, -0.2) is 91.2 Å². The topological polar surface area (TPSA) is 141 Å². The third-order valence-electron chi connectivity index (χ3n) is 3.48. The van der Waals surface area contributed by atoms with E-state index < -0.39 is 18.2 Å². The standard InChI is InChI=1S/C15H26N4O6/c16-1-4-22-5-6-23-7-8-25-15-14(17-2-3-18-15)19-11-9-24-10-12(20)13(11)21/h2-3,11-13,20-21H,1,4-10,16H2,(H,17,19)/t11-,12-,13+/m0/s1. The van der Waals surface area contributed by atoms with Crippen molar-refractivity contribution in [2.24, 2.45) is 5.73 Å². The molecule has 0 spiro atoms. The molecule has 1 aliphatic heterocycles. The number of ether oxygens (including phenoxy) is 4. The van der Waals surface area contributed by atoms with Gasteiger partial charge in [-0.15, -0.1) is 0 Å². The molecule has 1 aromatic rings. The van der Waals surface area contributed by atoms with Crippen LogP contribution in [0.1, 0.15) is 0 Å². The van der Waals surface area contributed by atoms with Crippen LogP contribution in [0.25, 0.3) is 0 Å². The van der Waals surface area contributed by atoms with E-state index in [9.17, 15) is 10.2 Å². The molecule has 142 valence electrons. The summed E-state index contributed by atoms with van der Waals surface area (Å²) < 4.78 is 21.4. The van der Waals surface area contributed by atoms with E-state index in [1.807, 2.05) is 0 Å². The van der Waals surface area contributed by atoms with Crippen LogP contribution in [0.3, 0.4) is 0 Å². The average molecular weight is 358 g/mol. The fourth-order valence-corrected chi connectivity index (χ4v) is 2.22. The number of hydrogen-bond acceptors (Lipinski definition) is 10. The van der Waals surface area contributed by atoms with Gasteiger partial charge in [0.25, 0.3) is 5.88 Å². The minimum atomic E-state index is -0.958. The van der Waals surface area contributed by atoms with Crippen molar-refractivity contribution >= 4 is 5.82 Å². The molecule has 5 N–H and O–H groups in total. The van der Waals surface area contributed by atoms with Crippen LogP contribution in [0.15, 0.2) is 12.4 Å². The highest BCUT2D eigenvalue weighted by molar-refractivity contribution is 5.45. The highest BCUT2D eigenvalue weighted by Crippen LogP contribution is 2.21. The first-order chi connectivity index (χ1) is 12.2. The molecule has 0 saturated carbocycles. The quantitative estimate of drug-likeness (QED) is 0.341. The summed E-state index contributed by atoms with van der Waals surface area (Å²) in [5.74, 6) is 0.660. The zero-order valence-electron chi connectivity index (χ0n) is 14.0. The largest absolute Gasteiger partial charge is 0.473 e. The Bertz CT molecular complexity index is 495. The molecule has 1 aliphatic rings. The van der Waals surface area contributed by atoms with Crippen molar-refractivity contribution in [2.45, 2.75) is 18.2 Å². The maximum absolute atomic E-state index is 10.0. The van der Waals surface area contributed by atoms with Gasteiger partial charge in [-0.2, -0.15) is 0 Å². The molecule has 1 fully saturated rings. The summed E-state index contributed by atoms with van der Waals surface area (Å²) >= 11 is 0. The molecule has 2 heterocycles. The average Bonchev–Trinajstić information content (AvgIpc) is 2.62. The summed E-state index contributed by atoms with van der Waals surface area (Å²) in [7, 11) is 0. The van der Waals surface area contributed by atoms with Crippen LogP contribution in [0.2, 0.25) is 0 Å². The molecule has 0 unspecified atom stereocenters. The number of aromatic nitrogens is 2. The predicted octanol–water partition coefficient (Wildman–Crippen LogP) is -1.62. The van der Waals surface area contributed by atoms with E-state index in [4.69, 9.17) is 24.7 Å². The third-order valence-corrected chi connectivity index (χ3v) is 3.48. The Hall–Kier alpha value is -1.56. The Morgan fingerprint density at radius 3 is 2.60 bits per heavy atom. The SMILES string of the molecule is NCCOCCOCCOc1nccnc1N[C@H]1COC[C@H](O)[C@@H]1O. The molecule has 10 nitrogen and oxygen atoms in total. The van der Waals surface area contributed by atoms with Crippen molar-refractivity contribution in [2.75, 3.05) is 58.1 Å². The second-order valence-corrected chi connectivity index (χ2v) is 5.42. The Balaban J connectivity index is 1.74. The molecule has 1 saturated heterocycles. The minimum absolute atomic E-state index is 0.107. The fourth-order valence-electron chi connectivity index (χ4n) is 2.22. The van der Waals surface area contributed by atoms with E-state index >= 15 is 0 Å². The number of hydrogen-bond donors (Lipinski definition) is 4. The first kappa shape index (κ1) is 19.8. The predicted molar refractivity (Wildman–Crippen MR) is 88.5 cm³/mol. The molecule has 0 aromatic carbocycles. The molecular weight excluding hydrogens is 332 g/mol. The lowest BCUT2D eigenvalue weighted by molar-refractivity contribution is -0.0923. The number of anilines is 1. The molecule has 3 atom stereocenters. The molecule has 10 heteroatoms. The van der Waals surface area contributed by atoms with E-state index in [2.05, 4.69) is 15.3 Å². The molecular formula is C15H26N4O6. The molecule has 0 bridgehead atoms. The Labute approximate surface area is 146 Å². The van der Waals surface area contributed by atoms with Crippen LogP contribution in [0.4, 0.5) is 5.82 Å². The number of nitrogens with one attached hydrogen (secondary N) is 1. The van der Waals surface area contributed by atoms with Gasteiger partial charge < -0.3 is 40.2 Å². The van der Waals surface area contributed by atoms with Crippen LogP contribution < -0.4 is 15.8 Å². The van der Waals surface area contributed by atoms with Crippen LogP contribution >= 0.6 is 0 Å². The summed E-state index contributed by atoms with van der Waals surface area (Å²) in [6, 6.07) is -0.501. The van der Waals surface area contributed by atoms with Crippen LogP contribution in [0, 0.1) is 0 Å². The van der Waals surface area contributed by atoms with Gasteiger partial charge in [0, 0.05) is 18.9 Å². The Morgan fingerprint density at radius 2 is 1.80 bits per heavy atom. The van der Waals surface area contributed by atoms with Gasteiger partial charge in [-0.25, -0.2) is 9.97 Å². The normalized spacial score (nSPS) is 23.4. The number of nitrogens with two attached hydrogens (primary N) is 1. The van der Waals surface area contributed by atoms with Crippen molar-refractivity contribution in [3.05, 3.63) is 12.4 Å². The third kappa shape index (κ3) is 6.69. The van der Waals surface area contributed by atoms with Gasteiger partial charge in [0.1, 0.15) is 18.8 Å². The second-order valence-electron chi connectivity index (χ2n) is 5.42. The van der Waals surface area contributed by atoms with Gasteiger partial charge in [0.05, 0.1) is 45.7 Å². The molecule has 0 radical (unpaired) electrons. The van der Waals surface area contributed by atoms with Gasteiger partial charge >= 0.3 is 0 Å². The summed E-state index contributed by atoms with van der Waals surface area (Å²) in [6.07, 6.45) is 1.11. The van der Waals surface area contributed by atoms with Crippen molar-refractivity contribution in [1.82, 2.24) is 9.97 Å². The smallest absolute Gasteiger partial charge is 0.257 e. The molecule has 2 rings (SSSR count). The zero-order chi connectivity index (χ0) is 17.9. The van der Waals surface area contributed by atoms with Crippen molar-refractivity contribution in [3.63, 3.8) is 0 Å². The number of nitrogens with zero attached hydrogens (tertiary/aromatic N) is 2. The summed E-state index contributed by atoms with van der Waals surface area (Å²) in [5, 5.41) is 22.7. The van der Waals surface area contributed by atoms with Gasteiger partial charge in [-0.3, -0.25) is 0 Å². The fraction of sp³-hybridized carbons (Fsp3) is 0.733. The maximum atomic E-state index is 10.0. The van der Waals surface area contributed by atoms with Crippen LogP contribution in [-0.2, 0) is 14.2 Å². The first-order valence-electron chi connectivity index (χ1n) is 8.22. The zero-order valence-corrected chi connectivity index (χ0v) is 14.0. The Morgan fingerprint density at radius 1 is 1.08 bits per heavy atom. The van der Waals surface area contributed by atoms with Gasteiger partial charge in [0.15, 0.2) is 5.82 Å². The minimum Gasteiger partial charge on any atom is -0.473 e. The highest BCUT2D eigenvalue weighted by atomic mass is 16.5. The Kier molecular flexibility index (Phi) is 8.80. The first-order valence-corrected chi connectivity index (χ1v) is 8.22. The summed E-state index contributed by atoms with van der Waals surface area (Å²) in [6.45, 7) is 2.96. The van der Waals surface area contributed by atoms with E-state index in [0.29, 0.717) is 38.8 Å². The number of aliphatic hydroxyl groups is 2. The van der Waals surface area contributed by atoms with Crippen molar-refractivity contribution in [1.29, 1.82) is 0 Å². The molecule has 25 heavy (non-hydrogen) atoms. The number of aliphatic hydroxyl groups excluding tert-OH is 2.